The Labute approximate surface area is 93.8 Å². The zero-order valence-electron chi connectivity index (χ0n) is 10.7. The summed E-state index contributed by atoms with van der Waals surface area (Å²) in [6.07, 6.45) is 6.37. The number of nitrogens with one attached hydrogen (secondary N) is 1. The van der Waals surface area contributed by atoms with Gasteiger partial charge in [0.05, 0.1) is 5.54 Å². The van der Waals surface area contributed by atoms with Crippen molar-refractivity contribution in [3.8, 4) is 0 Å². The third kappa shape index (κ3) is 3.30. The standard InChI is InChI=1S/C13H25NO/c1-5-11(15)13(14-12(2,3)4)9-7-6-8-10-13/h14H,5-10H2,1-4H3. The van der Waals surface area contributed by atoms with Crippen molar-refractivity contribution in [1.82, 2.24) is 5.32 Å². The third-order valence-corrected chi connectivity index (χ3v) is 3.18. The summed E-state index contributed by atoms with van der Waals surface area (Å²) >= 11 is 0. The molecule has 0 bridgehead atoms. The summed E-state index contributed by atoms with van der Waals surface area (Å²) in [6.45, 7) is 8.41. The molecule has 0 aliphatic heterocycles. The highest BCUT2D eigenvalue weighted by atomic mass is 16.1. The van der Waals surface area contributed by atoms with Crippen LogP contribution in [0.25, 0.3) is 0 Å². The Morgan fingerprint density at radius 2 is 1.73 bits per heavy atom. The maximum Gasteiger partial charge on any atom is 0.152 e. The molecule has 2 heteroatoms. The van der Waals surface area contributed by atoms with E-state index in [4.69, 9.17) is 0 Å². The van der Waals surface area contributed by atoms with Gasteiger partial charge in [-0.15, -0.1) is 0 Å². The van der Waals surface area contributed by atoms with Crippen LogP contribution >= 0.6 is 0 Å². The van der Waals surface area contributed by atoms with Crippen molar-refractivity contribution in [2.75, 3.05) is 0 Å². The molecule has 1 fully saturated rings. The molecule has 88 valence electrons. The monoisotopic (exact) mass is 211 g/mol. The Morgan fingerprint density at radius 1 is 1.20 bits per heavy atom. The summed E-state index contributed by atoms with van der Waals surface area (Å²) in [6, 6.07) is 0. The van der Waals surface area contributed by atoms with Gasteiger partial charge >= 0.3 is 0 Å². The average molecular weight is 211 g/mol. The first-order valence-corrected chi connectivity index (χ1v) is 6.22. The van der Waals surface area contributed by atoms with Gasteiger partial charge in [-0.25, -0.2) is 0 Å². The number of hydrogen-bond donors (Lipinski definition) is 1. The van der Waals surface area contributed by atoms with Crippen molar-refractivity contribution in [3.05, 3.63) is 0 Å². The van der Waals surface area contributed by atoms with E-state index in [1.807, 2.05) is 6.92 Å². The molecule has 1 saturated carbocycles. The van der Waals surface area contributed by atoms with Gasteiger partial charge in [-0.1, -0.05) is 26.2 Å². The van der Waals surface area contributed by atoms with Crippen LogP contribution in [0, 0.1) is 0 Å². The number of ketones is 1. The summed E-state index contributed by atoms with van der Waals surface area (Å²) < 4.78 is 0. The zero-order chi connectivity index (χ0) is 11.5. The first-order chi connectivity index (χ1) is 6.90. The Morgan fingerprint density at radius 3 is 2.13 bits per heavy atom. The molecular formula is C13H25NO. The minimum Gasteiger partial charge on any atom is -0.300 e. The molecule has 1 aliphatic rings. The zero-order valence-corrected chi connectivity index (χ0v) is 10.7. The van der Waals surface area contributed by atoms with Crippen molar-refractivity contribution in [2.45, 2.75) is 77.3 Å². The van der Waals surface area contributed by atoms with Crippen LogP contribution in [0.1, 0.15) is 66.2 Å². The molecule has 1 N–H and O–H groups in total. The highest BCUT2D eigenvalue weighted by Gasteiger charge is 2.40. The van der Waals surface area contributed by atoms with Crippen molar-refractivity contribution >= 4 is 5.78 Å². The van der Waals surface area contributed by atoms with E-state index in [9.17, 15) is 4.79 Å². The normalized spacial score (nSPS) is 21.3. The molecule has 0 aromatic carbocycles. The van der Waals surface area contributed by atoms with E-state index in [-0.39, 0.29) is 11.1 Å². The summed E-state index contributed by atoms with van der Waals surface area (Å²) in [5.41, 5.74) is -0.187. The fourth-order valence-corrected chi connectivity index (χ4v) is 2.69. The number of rotatable bonds is 3. The van der Waals surface area contributed by atoms with Gasteiger partial charge in [0.1, 0.15) is 0 Å². The molecular weight excluding hydrogens is 186 g/mol. The fourth-order valence-electron chi connectivity index (χ4n) is 2.69. The first kappa shape index (κ1) is 12.7. The SMILES string of the molecule is CCC(=O)C1(NC(C)(C)C)CCCCC1. The predicted molar refractivity (Wildman–Crippen MR) is 64.0 cm³/mol. The second-order valence-electron chi connectivity index (χ2n) is 5.79. The molecule has 0 aromatic rings. The van der Waals surface area contributed by atoms with Gasteiger partial charge in [-0.2, -0.15) is 0 Å². The molecule has 0 amide bonds. The van der Waals surface area contributed by atoms with Crippen LogP contribution in [0.15, 0.2) is 0 Å². The molecule has 0 saturated heterocycles. The van der Waals surface area contributed by atoms with Crippen molar-refractivity contribution in [2.24, 2.45) is 0 Å². The molecule has 0 unspecified atom stereocenters. The Balaban J connectivity index is 2.80. The lowest BCUT2D eigenvalue weighted by atomic mass is 9.76. The molecule has 0 spiro atoms. The van der Waals surface area contributed by atoms with Crippen LogP contribution in [-0.2, 0) is 4.79 Å². The number of carbonyl (C=O) groups excluding carboxylic acids is 1. The van der Waals surface area contributed by atoms with Crippen LogP contribution in [0.2, 0.25) is 0 Å². The van der Waals surface area contributed by atoms with Gasteiger partial charge in [0.2, 0.25) is 0 Å². The highest BCUT2D eigenvalue weighted by Crippen LogP contribution is 2.31. The summed E-state index contributed by atoms with van der Waals surface area (Å²) in [5.74, 6) is 0.400. The summed E-state index contributed by atoms with van der Waals surface area (Å²) in [7, 11) is 0. The second-order valence-corrected chi connectivity index (χ2v) is 5.79. The Bertz CT molecular complexity index is 221. The molecule has 0 heterocycles. The lowest BCUT2D eigenvalue weighted by Crippen LogP contribution is -2.59. The molecule has 0 aromatic heterocycles. The van der Waals surface area contributed by atoms with E-state index in [1.54, 1.807) is 0 Å². The first-order valence-electron chi connectivity index (χ1n) is 6.22. The van der Waals surface area contributed by atoms with E-state index in [2.05, 4.69) is 26.1 Å². The van der Waals surface area contributed by atoms with Crippen molar-refractivity contribution < 1.29 is 4.79 Å². The highest BCUT2D eigenvalue weighted by molar-refractivity contribution is 5.88. The lowest BCUT2D eigenvalue weighted by molar-refractivity contribution is -0.127. The maximum absolute atomic E-state index is 12.1. The van der Waals surface area contributed by atoms with Crippen LogP contribution < -0.4 is 5.32 Å². The molecule has 15 heavy (non-hydrogen) atoms. The van der Waals surface area contributed by atoms with E-state index >= 15 is 0 Å². The van der Waals surface area contributed by atoms with E-state index in [0.29, 0.717) is 12.2 Å². The van der Waals surface area contributed by atoms with Crippen molar-refractivity contribution in [1.29, 1.82) is 0 Å². The van der Waals surface area contributed by atoms with Gasteiger partial charge in [0, 0.05) is 12.0 Å². The third-order valence-electron chi connectivity index (χ3n) is 3.18. The predicted octanol–water partition coefficient (Wildman–Crippen LogP) is 3.06. The van der Waals surface area contributed by atoms with Crippen LogP contribution in [-0.4, -0.2) is 16.9 Å². The lowest BCUT2D eigenvalue weighted by Gasteiger charge is -2.42. The van der Waals surface area contributed by atoms with Gasteiger partial charge < -0.3 is 5.32 Å². The minimum atomic E-state index is -0.217. The molecule has 2 nitrogen and oxygen atoms in total. The van der Waals surface area contributed by atoms with Gasteiger partial charge in [-0.05, 0) is 33.6 Å². The molecule has 0 radical (unpaired) electrons. The maximum atomic E-state index is 12.1. The largest absolute Gasteiger partial charge is 0.300 e. The summed E-state index contributed by atoms with van der Waals surface area (Å²) in [5, 5.41) is 3.57. The van der Waals surface area contributed by atoms with E-state index in [1.165, 1.54) is 19.3 Å². The fraction of sp³-hybridized carbons (Fsp3) is 0.923. The summed E-state index contributed by atoms with van der Waals surface area (Å²) in [4.78, 5) is 12.1. The molecule has 0 atom stereocenters. The van der Waals surface area contributed by atoms with Crippen molar-refractivity contribution in [3.63, 3.8) is 0 Å². The quantitative estimate of drug-likeness (QED) is 0.777. The second kappa shape index (κ2) is 4.65. The smallest absolute Gasteiger partial charge is 0.152 e. The molecule has 1 rings (SSSR count). The average Bonchev–Trinajstić information content (AvgIpc) is 2.15. The van der Waals surface area contributed by atoms with Gasteiger partial charge in [-0.3, -0.25) is 4.79 Å². The van der Waals surface area contributed by atoms with Gasteiger partial charge in [0.25, 0.3) is 0 Å². The number of Topliss-reactive ketones (excluding diaryl/α,β-unsaturated/α-hetero) is 1. The van der Waals surface area contributed by atoms with E-state index < -0.39 is 0 Å². The topological polar surface area (TPSA) is 29.1 Å². The van der Waals surface area contributed by atoms with E-state index in [0.717, 1.165) is 12.8 Å². The Hall–Kier alpha value is -0.370. The molecule has 1 aliphatic carbocycles. The number of hydrogen-bond acceptors (Lipinski definition) is 2. The number of carbonyl (C=O) groups is 1. The van der Waals surface area contributed by atoms with Crippen LogP contribution in [0.3, 0.4) is 0 Å². The minimum absolute atomic E-state index is 0.0299. The Kier molecular flexibility index (Phi) is 3.93. The van der Waals surface area contributed by atoms with Crippen LogP contribution in [0.5, 0.6) is 0 Å². The van der Waals surface area contributed by atoms with Crippen LogP contribution in [0.4, 0.5) is 0 Å². The van der Waals surface area contributed by atoms with Gasteiger partial charge in [0.15, 0.2) is 5.78 Å².